The number of fused-ring (bicyclic) bond motifs is 3. The number of rotatable bonds is 22. The maximum atomic E-state index is 13.2. The minimum Gasteiger partial charge on any atom is -0.505 e. The van der Waals surface area contributed by atoms with E-state index in [1.54, 1.807) is 6.07 Å². The van der Waals surface area contributed by atoms with E-state index in [4.69, 9.17) is 26.2 Å². The molecule has 8 aromatic carbocycles. The Labute approximate surface area is 481 Å². The number of nitrogen functional groups attached to an aromatic ring is 1. The molecule has 0 atom stereocenters. The third-order valence-corrected chi connectivity index (χ3v) is 16.6. The fourth-order valence-electron chi connectivity index (χ4n) is 7.65. The minimum atomic E-state index is -5.47. The maximum Gasteiger partial charge on any atom is 0.297 e. The number of phenols is 3. The quantitative estimate of drug-likeness (QED) is 0.00749. The SMILES string of the molecule is COc1ccc(N=Nc2c(SOOO)cc3c(S(=O)(=O)O)c(N=Nc4c(SOOO)cc5cc(S(=O)(=O)O)c(N=Nc6ccc7c(O)c(N=Nc8ccccc8SOOO)c(S(=O)(=O)O)cc7c6)c(O)c5c4N)ccc3c2O)c(S(=O)(=O)O)c1. The van der Waals surface area contributed by atoms with Crippen LogP contribution in [0.3, 0.4) is 0 Å². The maximum absolute atomic E-state index is 13.2. The largest absolute Gasteiger partial charge is 0.505 e. The summed E-state index contributed by atoms with van der Waals surface area (Å²) >= 11 is 0.681. The van der Waals surface area contributed by atoms with Crippen molar-refractivity contribution in [2.45, 2.75) is 34.3 Å². The Hall–Kier alpha value is -7.73. The van der Waals surface area contributed by atoms with Crippen LogP contribution in [-0.2, 0) is 68.6 Å². The van der Waals surface area contributed by atoms with E-state index in [1.165, 1.54) is 37.4 Å². The van der Waals surface area contributed by atoms with Gasteiger partial charge < -0.3 is 25.8 Å². The number of hydrogen-bond donors (Lipinski definition) is 11. The molecule has 0 bridgehead atoms. The van der Waals surface area contributed by atoms with Crippen LogP contribution in [0.15, 0.2) is 172 Å². The summed E-state index contributed by atoms with van der Waals surface area (Å²) in [6.45, 7) is 0. The van der Waals surface area contributed by atoms with Crippen molar-refractivity contribution in [3.63, 3.8) is 0 Å². The van der Waals surface area contributed by atoms with E-state index >= 15 is 0 Å². The zero-order valence-corrected chi connectivity index (χ0v) is 46.6. The lowest BCUT2D eigenvalue weighted by atomic mass is 10.0. The van der Waals surface area contributed by atoms with Crippen molar-refractivity contribution in [1.82, 2.24) is 0 Å². The lowest BCUT2D eigenvalue weighted by Crippen LogP contribution is -2.01. The van der Waals surface area contributed by atoms with Gasteiger partial charge in [-0.2, -0.15) is 38.8 Å². The topological polar surface area (TPSA) is 528 Å². The molecule has 0 aliphatic carbocycles. The van der Waals surface area contributed by atoms with Gasteiger partial charge in [0.1, 0.15) is 65.1 Å². The van der Waals surface area contributed by atoms with Crippen molar-refractivity contribution in [3.05, 3.63) is 97.1 Å². The molecule has 34 nitrogen and oxygen atoms in total. The lowest BCUT2D eigenvalue weighted by molar-refractivity contribution is -0.432. The third kappa shape index (κ3) is 13.4. The average molecular weight is 1300 g/mol. The predicted molar refractivity (Wildman–Crippen MR) is 289 cm³/mol. The summed E-state index contributed by atoms with van der Waals surface area (Å²) in [4.78, 5) is -4.59. The number of azo groups is 4. The number of methoxy groups -OCH3 is 1. The molecule has 0 aromatic heterocycles. The van der Waals surface area contributed by atoms with Gasteiger partial charge in [-0.25, -0.2) is 15.8 Å². The van der Waals surface area contributed by atoms with Gasteiger partial charge >= 0.3 is 0 Å². The van der Waals surface area contributed by atoms with Gasteiger partial charge in [-0.3, -0.25) is 18.2 Å². The molecule has 0 amide bonds. The van der Waals surface area contributed by atoms with E-state index in [0.29, 0.717) is 12.0 Å². The molecule has 440 valence electrons. The predicted octanol–water partition coefficient (Wildman–Crippen LogP) is 11.8. The summed E-state index contributed by atoms with van der Waals surface area (Å²) in [7, 11) is -19.8. The first kappa shape index (κ1) is 62.3. The van der Waals surface area contributed by atoms with Crippen molar-refractivity contribution < 1.29 is 116 Å². The molecule has 12 N–H and O–H groups in total. The van der Waals surface area contributed by atoms with Crippen molar-refractivity contribution in [2.75, 3.05) is 12.8 Å². The Bertz CT molecular complexity index is 4580. The van der Waals surface area contributed by atoms with E-state index in [9.17, 15) is 67.2 Å². The van der Waals surface area contributed by atoms with Crippen molar-refractivity contribution in [2.24, 2.45) is 40.9 Å². The molecule has 41 heteroatoms. The van der Waals surface area contributed by atoms with Gasteiger partial charge in [0.25, 0.3) is 40.5 Å². The zero-order chi connectivity index (χ0) is 61.1. The molecule has 8 rings (SSSR count). The van der Waals surface area contributed by atoms with Crippen LogP contribution in [0.4, 0.5) is 51.2 Å². The van der Waals surface area contributed by atoms with Gasteiger partial charge in [0.15, 0.2) is 17.2 Å². The van der Waals surface area contributed by atoms with E-state index in [1.807, 2.05) is 0 Å². The number of benzene rings is 8. The van der Waals surface area contributed by atoms with Crippen LogP contribution in [0.5, 0.6) is 23.0 Å². The smallest absolute Gasteiger partial charge is 0.297 e. The van der Waals surface area contributed by atoms with E-state index in [-0.39, 0.29) is 67.2 Å². The molecule has 0 unspecified atom stereocenters. The number of ether oxygens (including phenoxy) is 1. The Morgan fingerprint density at radius 1 is 0.440 bits per heavy atom. The summed E-state index contributed by atoms with van der Waals surface area (Å²) in [6, 6.07) is 17.9. The van der Waals surface area contributed by atoms with E-state index in [0.717, 1.165) is 60.7 Å². The highest BCUT2D eigenvalue weighted by Crippen LogP contribution is 2.52. The normalized spacial score (nSPS) is 12.9. The Morgan fingerprint density at radius 3 is 1.57 bits per heavy atom. The molecular weight excluding hydrogens is 1270 g/mol. The fourth-order valence-corrected chi connectivity index (χ4v) is 11.9. The molecule has 84 heavy (non-hydrogen) atoms. The molecule has 0 saturated carbocycles. The van der Waals surface area contributed by atoms with Crippen LogP contribution >= 0.6 is 36.1 Å². The summed E-state index contributed by atoms with van der Waals surface area (Å²) in [5.41, 5.74) is 1.46. The number of nitrogens with zero attached hydrogens (tertiary/aromatic N) is 8. The van der Waals surface area contributed by atoms with Gasteiger partial charge in [-0.1, -0.05) is 27.2 Å². The van der Waals surface area contributed by atoms with Gasteiger partial charge in [0.05, 0.1) is 74.7 Å². The number of aromatic hydroxyl groups is 3. The Morgan fingerprint density at radius 2 is 0.952 bits per heavy atom. The Balaban J connectivity index is 1.24. The molecule has 0 spiro atoms. The first-order chi connectivity index (χ1) is 39.7. The molecule has 0 aliphatic rings. The lowest BCUT2D eigenvalue weighted by Gasteiger charge is -2.15. The molecule has 8 aromatic rings. The van der Waals surface area contributed by atoms with Gasteiger partial charge in [-0.15, -0.1) is 48.8 Å². The van der Waals surface area contributed by atoms with Gasteiger partial charge in [0.2, 0.25) is 0 Å². The van der Waals surface area contributed by atoms with Gasteiger partial charge in [-0.05, 0) is 89.6 Å². The zero-order valence-electron chi connectivity index (χ0n) is 40.8. The summed E-state index contributed by atoms with van der Waals surface area (Å²) in [6.07, 6.45) is 0. The van der Waals surface area contributed by atoms with Crippen LogP contribution in [0.2, 0.25) is 0 Å². The van der Waals surface area contributed by atoms with Crippen molar-refractivity contribution in [3.8, 4) is 23.0 Å². The summed E-state index contributed by atoms with van der Waals surface area (Å²) < 4.78 is 161. The van der Waals surface area contributed by atoms with Crippen LogP contribution < -0.4 is 10.5 Å². The highest BCUT2D eigenvalue weighted by atomic mass is 32.2. The molecular formula is C43H31N9O25S7. The van der Waals surface area contributed by atoms with E-state index in [2.05, 4.69) is 69.0 Å². The fraction of sp³-hybridized carbons (Fsp3) is 0.0233. The Kier molecular flexibility index (Phi) is 18.7. The first-order valence-corrected chi connectivity index (χ1v) is 29.7. The number of hydrogen-bond acceptors (Lipinski definition) is 33. The number of nitrogens with two attached hydrogens (primary N) is 1. The molecule has 0 fully saturated rings. The second kappa shape index (κ2) is 25.2. The monoisotopic (exact) mass is 1300 g/mol. The van der Waals surface area contributed by atoms with Crippen LogP contribution in [0, 0.1) is 0 Å². The minimum absolute atomic E-state index is 0.0214. The van der Waals surface area contributed by atoms with Crippen LogP contribution in [-0.4, -0.2) is 90.1 Å². The highest BCUT2D eigenvalue weighted by Gasteiger charge is 2.29. The second-order valence-corrected chi connectivity index (χ2v) is 23.8. The summed E-state index contributed by atoms with van der Waals surface area (Å²) in [5, 5.41) is 101. The number of phenolic OH excluding ortho intramolecular Hbond substituents is 3. The van der Waals surface area contributed by atoms with E-state index < -0.39 is 138 Å². The molecule has 0 aliphatic heterocycles. The van der Waals surface area contributed by atoms with Gasteiger partial charge in [0, 0.05) is 22.2 Å². The van der Waals surface area contributed by atoms with Crippen LogP contribution in [0.1, 0.15) is 0 Å². The number of anilines is 1. The van der Waals surface area contributed by atoms with Crippen LogP contribution in [0.25, 0.3) is 32.3 Å². The first-order valence-electron chi connectivity index (χ1n) is 21.7. The summed E-state index contributed by atoms with van der Waals surface area (Å²) in [5.74, 6) is -2.91. The van der Waals surface area contributed by atoms with Crippen molar-refractivity contribution in [1.29, 1.82) is 0 Å². The highest BCUT2D eigenvalue weighted by molar-refractivity contribution is 7.95. The average Bonchev–Trinajstić information content (AvgIpc) is 1.28. The molecule has 0 heterocycles. The standard InChI is InChI=1S/C43H31N9O25S7/c1-71-21-7-10-26(31(16-21)81(59,60)61)47-50-37-30(80-77-74-58)17-24-23(41(37)54)9-11-27(43(24)84(68,69)70)48-49-36-29(79-76-73-57)13-19-15-33(83(65,66)67)39(42(55)34(19)35(36)44)51-45-20-6-8-22-18(12-20)14-32(82(62,63)64)38(40(22)53)52-46-25-4-2-3-5-28(25)78-75-72-56/h2-17,53-58H,44H2,1H3,(H,59,60,61)(H,62,63,64)(H,65,66,67)(H,68,69,70). The molecule has 0 radical (unpaired) electrons. The van der Waals surface area contributed by atoms with Crippen molar-refractivity contribution >= 4 is 160 Å². The second-order valence-electron chi connectivity index (χ2n) is 16.0. The third-order valence-electron chi connectivity index (χ3n) is 11.1. The molecule has 0 saturated heterocycles.